The second-order valence-electron chi connectivity index (χ2n) is 7.29. The van der Waals surface area contributed by atoms with Crippen LogP contribution < -0.4 is 20.1 Å². The molecule has 0 unspecified atom stereocenters. The maximum absolute atomic E-state index is 12.3. The van der Waals surface area contributed by atoms with E-state index in [1.54, 1.807) is 26.4 Å². The molecule has 0 radical (unpaired) electrons. The Morgan fingerprint density at radius 2 is 1.85 bits per heavy atom. The van der Waals surface area contributed by atoms with Crippen LogP contribution >= 0.6 is 0 Å². The average molecular weight is 361 g/mol. The number of benzene rings is 1. The number of methoxy groups -OCH3 is 2. The molecule has 3 rings (SSSR count). The molecule has 2 N–H and O–H groups in total. The third-order valence-electron chi connectivity index (χ3n) is 5.69. The largest absolute Gasteiger partial charge is 0.493 e. The predicted octanol–water partition coefficient (Wildman–Crippen LogP) is 3.48. The summed E-state index contributed by atoms with van der Waals surface area (Å²) in [6, 6.07) is 6.05. The van der Waals surface area contributed by atoms with Crippen LogP contribution in [-0.4, -0.2) is 50.8 Å². The van der Waals surface area contributed by atoms with Crippen molar-refractivity contribution in [3.8, 4) is 11.5 Å². The Labute approximate surface area is 156 Å². The maximum Gasteiger partial charge on any atom is 0.319 e. The number of likely N-dealkylation sites (tertiary alicyclic amines) is 1. The summed E-state index contributed by atoms with van der Waals surface area (Å²) in [6.45, 7) is 3.06. The van der Waals surface area contributed by atoms with Crippen molar-refractivity contribution >= 4 is 11.7 Å². The van der Waals surface area contributed by atoms with Crippen LogP contribution in [0.15, 0.2) is 18.2 Å². The van der Waals surface area contributed by atoms with E-state index < -0.39 is 0 Å². The van der Waals surface area contributed by atoms with Crippen molar-refractivity contribution in [2.45, 2.75) is 44.6 Å². The van der Waals surface area contributed by atoms with Crippen LogP contribution in [0.1, 0.15) is 38.5 Å². The van der Waals surface area contributed by atoms with Gasteiger partial charge in [0.05, 0.1) is 19.9 Å². The molecular weight excluding hydrogens is 330 g/mol. The number of nitrogens with one attached hydrogen (secondary N) is 2. The summed E-state index contributed by atoms with van der Waals surface area (Å²) in [4.78, 5) is 14.9. The molecule has 0 spiro atoms. The number of hydrogen-bond donors (Lipinski definition) is 2. The minimum Gasteiger partial charge on any atom is -0.493 e. The molecule has 0 bridgehead atoms. The highest BCUT2D eigenvalue weighted by Crippen LogP contribution is 2.34. The SMILES string of the molecule is COc1cccc(NC(=O)NCC2CCN(C3CCCC3)CC2)c1OC. The van der Waals surface area contributed by atoms with Crippen molar-refractivity contribution in [1.82, 2.24) is 10.2 Å². The van der Waals surface area contributed by atoms with Gasteiger partial charge in [0.15, 0.2) is 11.5 Å². The number of nitrogens with zero attached hydrogens (tertiary/aromatic N) is 1. The number of carbonyl (C=O) groups is 1. The van der Waals surface area contributed by atoms with Crippen LogP contribution in [0.2, 0.25) is 0 Å². The third-order valence-corrected chi connectivity index (χ3v) is 5.69. The van der Waals surface area contributed by atoms with Crippen molar-refractivity contribution < 1.29 is 14.3 Å². The molecule has 6 heteroatoms. The summed E-state index contributed by atoms with van der Waals surface area (Å²) >= 11 is 0. The Kier molecular flexibility index (Phi) is 6.61. The number of ether oxygens (including phenoxy) is 2. The first-order valence-electron chi connectivity index (χ1n) is 9.71. The van der Waals surface area contributed by atoms with Crippen LogP contribution in [0.4, 0.5) is 10.5 Å². The molecule has 144 valence electrons. The molecule has 1 aliphatic heterocycles. The molecule has 0 atom stereocenters. The van der Waals surface area contributed by atoms with E-state index in [9.17, 15) is 4.79 Å². The van der Waals surface area contributed by atoms with Crippen molar-refractivity contribution in [3.63, 3.8) is 0 Å². The minimum absolute atomic E-state index is 0.199. The summed E-state index contributed by atoms with van der Waals surface area (Å²) in [5.74, 6) is 1.70. The fraction of sp³-hybridized carbons (Fsp3) is 0.650. The van der Waals surface area contributed by atoms with Gasteiger partial charge in [-0.25, -0.2) is 4.79 Å². The van der Waals surface area contributed by atoms with E-state index in [-0.39, 0.29) is 6.03 Å². The molecule has 1 aliphatic carbocycles. The van der Waals surface area contributed by atoms with Crippen molar-refractivity contribution in [1.29, 1.82) is 0 Å². The molecule has 2 aliphatic rings. The predicted molar refractivity (Wildman–Crippen MR) is 103 cm³/mol. The fourth-order valence-electron chi connectivity index (χ4n) is 4.18. The zero-order valence-electron chi connectivity index (χ0n) is 15.9. The number of anilines is 1. The highest BCUT2D eigenvalue weighted by Gasteiger charge is 2.27. The lowest BCUT2D eigenvalue weighted by molar-refractivity contribution is 0.134. The zero-order valence-corrected chi connectivity index (χ0v) is 15.9. The molecule has 2 fully saturated rings. The summed E-state index contributed by atoms with van der Waals surface area (Å²) in [6.07, 6.45) is 7.85. The van der Waals surface area contributed by atoms with Gasteiger partial charge in [-0.05, 0) is 56.8 Å². The molecule has 26 heavy (non-hydrogen) atoms. The third kappa shape index (κ3) is 4.61. The molecule has 1 aromatic carbocycles. The standard InChI is InChI=1S/C20H31N3O3/c1-25-18-9-5-8-17(19(18)26-2)22-20(24)21-14-15-10-12-23(13-11-15)16-6-3-4-7-16/h5,8-9,15-16H,3-4,6-7,10-14H2,1-2H3,(H2,21,22,24). The van der Waals surface area contributed by atoms with Crippen molar-refractivity contribution in [3.05, 3.63) is 18.2 Å². The monoisotopic (exact) mass is 361 g/mol. The first-order chi connectivity index (χ1) is 12.7. The highest BCUT2D eigenvalue weighted by molar-refractivity contribution is 5.91. The van der Waals surface area contributed by atoms with E-state index in [2.05, 4.69) is 15.5 Å². The second-order valence-corrected chi connectivity index (χ2v) is 7.29. The smallest absolute Gasteiger partial charge is 0.319 e. The van der Waals surface area contributed by atoms with E-state index >= 15 is 0 Å². The number of para-hydroxylation sites is 1. The van der Waals surface area contributed by atoms with Crippen LogP contribution in [0.3, 0.4) is 0 Å². The molecule has 1 saturated carbocycles. The van der Waals surface area contributed by atoms with Gasteiger partial charge in [-0.15, -0.1) is 0 Å². The Hall–Kier alpha value is -1.95. The number of hydrogen-bond acceptors (Lipinski definition) is 4. The van der Waals surface area contributed by atoms with Gasteiger partial charge in [-0.2, -0.15) is 0 Å². The number of rotatable bonds is 6. The molecule has 2 amide bonds. The fourth-order valence-corrected chi connectivity index (χ4v) is 4.18. The van der Waals surface area contributed by atoms with Gasteiger partial charge in [-0.3, -0.25) is 0 Å². The zero-order chi connectivity index (χ0) is 18.4. The molecular formula is C20H31N3O3. The summed E-state index contributed by atoms with van der Waals surface area (Å²) in [7, 11) is 3.15. The van der Waals surface area contributed by atoms with Gasteiger partial charge in [-0.1, -0.05) is 18.9 Å². The first-order valence-corrected chi connectivity index (χ1v) is 9.71. The Morgan fingerprint density at radius 1 is 1.12 bits per heavy atom. The van der Waals surface area contributed by atoms with Gasteiger partial charge < -0.3 is 25.0 Å². The topological polar surface area (TPSA) is 62.8 Å². The molecule has 1 saturated heterocycles. The molecule has 1 aromatic rings. The maximum atomic E-state index is 12.3. The number of piperidine rings is 1. The lowest BCUT2D eigenvalue weighted by atomic mass is 9.95. The van der Waals surface area contributed by atoms with Crippen LogP contribution in [0.25, 0.3) is 0 Å². The minimum atomic E-state index is -0.199. The Balaban J connectivity index is 1.43. The van der Waals surface area contributed by atoms with Gasteiger partial charge in [0.25, 0.3) is 0 Å². The van der Waals surface area contributed by atoms with E-state index in [1.165, 1.54) is 51.6 Å². The highest BCUT2D eigenvalue weighted by atomic mass is 16.5. The van der Waals surface area contributed by atoms with Crippen molar-refractivity contribution in [2.24, 2.45) is 5.92 Å². The van der Waals surface area contributed by atoms with Gasteiger partial charge in [0.2, 0.25) is 0 Å². The van der Waals surface area contributed by atoms with Crippen LogP contribution in [0.5, 0.6) is 11.5 Å². The van der Waals surface area contributed by atoms with E-state index in [1.807, 2.05) is 6.07 Å². The van der Waals surface area contributed by atoms with Crippen LogP contribution in [0, 0.1) is 5.92 Å². The van der Waals surface area contributed by atoms with Crippen molar-refractivity contribution in [2.75, 3.05) is 39.2 Å². The van der Waals surface area contributed by atoms with Gasteiger partial charge in [0.1, 0.15) is 0 Å². The average Bonchev–Trinajstić information content (AvgIpc) is 3.21. The van der Waals surface area contributed by atoms with Gasteiger partial charge in [0, 0.05) is 12.6 Å². The van der Waals surface area contributed by atoms with Crippen LogP contribution in [-0.2, 0) is 0 Å². The van der Waals surface area contributed by atoms with Gasteiger partial charge >= 0.3 is 6.03 Å². The normalized spacial score (nSPS) is 19.3. The lowest BCUT2D eigenvalue weighted by Gasteiger charge is -2.36. The Bertz CT molecular complexity index is 594. The summed E-state index contributed by atoms with van der Waals surface area (Å²) in [5.41, 5.74) is 0.611. The molecule has 0 aromatic heterocycles. The summed E-state index contributed by atoms with van der Waals surface area (Å²) in [5, 5.41) is 5.87. The quantitative estimate of drug-likeness (QED) is 0.814. The lowest BCUT2D eigenvalue weighted by Crippen LogP contribution is -2.43. The number of carbonyl (C=O) groups excluding carboxylic acids is 1. The first kappa shape index (κ1) is 18.8. The summed E-state index contributed by atoms with van der Waals surface area (Å²) < 4.78 is 10.6. The van der Waals surface area contributed by atoms with E-state index in [4.69, 9.17) is 9.47 Å². The van der Waals surface area contributed by atoms with E-state index in [0.29, 0.717) is 23.1 Å². The van der Waals surface area contributed by atoms with E-state index in [0.717, 1.165) is 12.6 Å². The molecule has 1 heterocycles. The number of amides is 2. The Morgan fingerprint density at radius 3 is 2.50 bits per heavy atom. The number of urea groups is 1. The second kappa shape index (κ2) is 9.12. The molecule has 6 nitrogen and oxygen atoms in total.